The fourth-order valence-corrected chi connectivity index (χ4v) is 3.69. The topological polar surface area (TPSA) is 63.7 Å². The van der Waals surface area contributed by atoms with Gasteiger partial charge >= 0.3 is 0 Å². The van der Waals surface area contributed by atoms with E-state index in [0.29, 0.717) is 11.1 Å². The van der Waals surface area contributed by atoms with E-state index < -0.39 is 0 Å². The van der Waals surface area contributed by atoms with Crippen LogP contribution in [-0.4, -0.2) is 59.0 Å². The molecule has 134 valence electrons. The van der Waals surface area contributed by atoms with Crippen molar-refractivity contribution in [3.05, 3.63) is 29.8 Å². The molecule has 0 saturated carbocycles. The van der Waals surface area contributed by atoms with Gasteiger partial charge in [0.1, 0.15) is 0 Å². The number of hydrogen-bond donors (Lipinski definition) is 1. The molecule has 1 aliphatic heterocycles. The van der Waals surface area contributed by atoms with Crippen LogP contribution in [0.1, 0.15) is 19.4 Å². The molecule has 2 aromatic rings. The van der Waals surface area contributed by atoms with Crippen molar-refractivity contribution in [3.63, 3.8) is 0 Å². The number of nitrogens with one attached hydrogen (secondary N) is 1. The number of benzene rings is 1. The number of thioether (sulfide) groups is 1. The Labute approximate surface area is 152 Å². The van der Waals surface area contributed by atoms with E-state index in [1.165, 1.54) is 17.3 Å². The Bertz CT molecular complexity index is 708. The molecule has 0 unspecified atom stereocenters. The molecule has 1 saturated heterocycles. The lowest BCUT2D eigenvalue weighted by Gasteiger charge is -2.32. The number of carbonyl (C=O) groups excluding carboxylic acids is 1. The van der Waals surface area contributed by atoms with Crippen LogP contribution in [0.3, 0.4) is 0 Å². The zero-order valence-corrected chi connectivity index (χ0v) is 15.8. The van der Waals surface area contributed by atoms with Crippen molar-refractivity contribution in [2.24, 2.45) is 0 Å². The molecule has 6 nitrogen and oxygen atoms in total. The summed E-state index contributed by atoms with van der Waals surface area (Å²) in [4.78, 5) is 16.1. The highest BCUT2D eigenvalue weighted by Crippen LogP contribution is 2.27. The molecule has 0 bridgehead atoms. The molecule has 1 amide bonds. The fraction of sp³-hybridized carbons (Fsp3) is 0.500. The second kappa shape index (κ2) is 8.01. The van der Waals surface area contributed by atoms with Crippen LogP contribution in [0.15, 0.2) is 33.9 Å². The SMILES string of the molecule is CC[NH+]1CCN(C(=O)[C@H](C)Sc2nnc(-c3ccc(C)cc3)o2)CC1. The molecular formula is C18H25N4O2S+. The van der Waals surface area contributed by atoms with Crippen LogP contribution in [0.25, 0.3) is 11.5 Å². The first-order valence-electron chi connectivity index (χ1n) is 8.76. The molecular weight excluding hydrogens is 336 g/mol. The Kier molecular flexibility index (Phi) is 5.75. The number of carbonyl (C=O) groups is 1. The lowest BCUT2D eigenvalue weighted by molar-refractivity contribution is -0.902. The van der Waals surface area contributed by atoms with E-state index in [2.05, 4.69) is 17.1 Å². The van der Waals surface area contributed by atoms with Gasteiger partial charge in [0.15, 0.2) is 0 Å². The van der Waals surface area contributed by atoms with Gasteiger partial charge in [0.05, 0.1) is 38.0 Å². The number of quaternary nitrogens is 1. The number of hydrogen-bond acceptors (Lipinski definition) is 5. The maximum atomic E-state index is 12.6. The summed E-state index contributed by atoms with van der Waals surface area (Å²) in [6.07, 6.45) is 0. The molecule has 3 rings (SSSR count). The molecule has 25 heavy (non-hydrogen) atoms. The minimum atomic E-state index is -0.227. The second-order valence-electron chi connectivity index (χ2n) is 6.43. The van der Waals surface area contributed by atoms with E-state index in [4.69, 9.17) is 4.42 Å². The molecule has 1 atom stereocenters. The minimum absolute atomic E-state index is 0.148. The van der Waals surface area contributed by atoms with Crippen molar-refractivity contribution in [1.82, 2.24) is 15.1 Å². The van der Waals surface area contributed by atoms with Gasteiger partial charge in [0.25, 0.3) is 5.22 Å². The van der Waals surface area contributed by atoms with Gasteiger partial charge in [-0.25, -0.2) is 0 Å². The van der Waals surface area contributed by atoms with Crippen molar-refractivity contribution >= 4 is 17.7 Å². The van der Waals surface area contributed by atoms with Crippen molar-refractivity contribution in [1.29, 1.82) is 0 Å². The Morgan fingerprint density at radius 1 is 1.28 bits per heavy atom. The number of amides is 1. The molecule has 1 aliphatic rings. The minimum Gasteiger partial charge on any atom is -0.411 e. The first-order chi connectivity index (χ1) is 12.1. The van der Waals surface area contributed by atoms with Crippen LogP contribution < -0.4 is 4.90 Å². The fourth-order valence-electron chi connectivity index (χ4n) is 2.93. The van der Waals surface area contributed by atoms with Gasteiger partial charge in [0.2, 0.25) is 11.8 Å². The van der Waals surface area contributed by atoms with E-state index in [0.717, 1.165) is 38.3 Å². The van der Waals surface area contributed by atoms with Crippen LogP contribution in [0, 0.1) is 6.92 Å². The van der Waals surface area contributed by atoms with E-state index in [1.54, 1.807) is 4.90 Å². The third-order valence-electron chi connectivity index (χ3n) is 4.61. The summed E-state index contributed by atoms with van der Waals surface area (Å²) >= 11 is 1.33. The van der Waals surface area contributed by atoms with Crippen LogP contribution in [0.4, 0.5) is 0 Å². The predicted octanol–water partition coefficient (Wildman–Crippen LogP) is 1.27. The number of rotatable bonds is 5. The number of aromatic nitrogens is 2. The summed E-state index contributed by atoms with van der Waals surface area (Å²) in [5.74, 6) is 0.637. The normalized spacial score (nSPS) is 16.8. The van der Waals surface area contributed by atoms with Gasteiger partial charge in [0, 0.05) is 5.56 Å². The Balaban J connectivity index is 1.59. The first kappa shape index (κ1) is 17.9. The smallest absolute Gasteiger partial charge is 0.277 e. The molecule has 2 heterocycles. The van der Waals surface area contributed by atoms with E-state index in [-0.39, 0.29) is 11.2 Å². The zero-order chi connectivity index (χ0) is 17.8. The monoisotopic (exact) mass is 361 g/mol. The van der Waals surface area contributed by atoms with Crippen LogP contribution >= 0.6 is 11.8 Å². The summed E-state index contributed by atoms with van der Waals surface area (Å²) in [6.45, 7) is 10.9. The van der Waals surface area contributed by atoms with Crippen molar-refractivity contribution in [3.8, 4) is 11.5 Å². The quantitative estimate of drug-likeness (QED) is 0.813. The average molecular weight is 361 g/mol. The largest absolute Gasteiger partial charge is 0.411 e. The first-order valence-corrected chi connectivity index (χ1v) is 9.64. The molecule has 0 aliphatic carbocycles. The third-order valence-corrected chi connectivity index (χ3v) is 5.53. The Hall–Kier alpha value is -1.86. The second-order valence-corrected chi connectivity index (χ2v) is 7.72. The van der Waals surface area contributed by atoms with E-state index in [1.807, 2.05) is 43.0 Å². The number of piperazine rings is 1. The van der Waals surface area contributed by atoms with Gasteiger partial charge in [-0.3, -0.25) is 4.79 Å². The molecule has 0 spiro atoms. The number of aryl methyl sites for hydroxylation is 1. The molecule has 1 N–H and O–H groups in total. The molecule has 7 heteroatoms. The van der Waals surface area contributed by atoms with Gasteiger partial charge in [-0.15, -0.1) is 10.2 Å². The molecule has 1 aromatic carbocycles. The summed E-state index contributed by atoms with van der Waals surface area (Å²) in [6, 6.07) is 7.94. The number of nitrogens with zero attached hydrogens (tertiary/aromatic N) is 3. The van der Waals surface area contributed by atoms with Crippen molar-refractivity contribution in [2.45, 2.75) is 31.2 Å². The van der Waals surface area contributed by atoms with E-state index in [9.17, 15) is 4.79 Å². The van der Waals surface area contributed by atoms with Gasteiger partial charge in [-0.05, 0) is 32.9 Å². The summed E-state index contributed by atoms with van der Waals surface area (Å²) in [5, 5.41) is 8.39. The zero-order valence-electron chi connectivity index (χ0n) is 15.0. The molecule has 0 radical (unpaired) electrons. The summed E-state index contributed by atoms with van der Waals surface area (Å²) in [5.41, 5.74) is 2.07. The molecule has 1 aromatic heterocycles. The Morgan fingerprint density at radius 2 is 1.96 bits per heavy atom. The van der Waals surface area contributed by atoms with Gasteiger partial charge in [-0.1, -0.05) is 29.5 Å². The van der Waals surface area contributed by atoms with Gasteiger partial charge in [-0.2, -0.15) is 0 Å². The van der Waals surface area contributed by atoms with E-state index >= 15 is 0 Å². The van der Waals surface area contributed by atoms with Crippen molar-refractivity contribution in [2.75, 3.05) is 32.7 Å². The molecule has 1 fully saturated rings. The standard InChI is InChI=1S/C18H24N4O2S/c1-4-21-9-11-22(12-10-21)17(23)14(3)25-18-20-19-16(24-18)15-7-5-13(2)6-8-15/h5-8,14H,4,9-12H2,1-3H3/p+1/t14-/m0/s1. The lowest BCUT2D eigenvalue weighted by Crippen LogP contribution is -3.14. The average Bonchev–Trinajstić information content (AvgIpc) is 3.10. The predicted molar refractivity (Wildman–Crippen MR) is 97.6 cm³/mol. The summed E-state index contributed by atoms with van der Waals surface area (Å²) < 4.78 is 5.72. The summed E-state index contributed by atoms with van der Waals surface area (Å²) in [7, 11) is 0. The highest BCUT2D eigenvalue weighted by molar-refractivity contribution is 8.00. The highest BCUT2D eigenvalue weighted by Gasteiger charge is 2.28. The van der Waals surface area contributed by atoms with Gasteiger partial charge < -0.3 is 14.2 Å². The van der Waals surface area contributed by atoms with Crippen molar-refractivity contribution < 1.29 is 14.1 Å². The maximum Gasteiger partial charge on any atom is 0.277 e. The van der Waals surface area contributed by atoms with Crippen LogP contribution in [0.5, 0.6) is 0 Å². The van der Waals surface area contributed by atoms with Crippen LogP contribution in [-0.2, 0) is 4.79 Å². The third kappa shape index (κ3) is 4.41. The van der Waals surface area contributed by atoms with Crippen LogP contribution in [0.2, 0.25) is 0 Å². The lowest BCUT2D eigenvalue weighted by atomic mass is 10.1. The Morgan fingerprint density at radius 3 is 2.60 bits per heavy atom. The number of likely N-dealkylation sites (N-methyl/N-ethyl adjacent to an activating group) is 1. The maximum absolute atomic E-state index is 12.6. The highest BCUT2D eigenvalue weighted by atomic mass is 32.2.